The van der Waals surface area contributed by atoms with Crippen molar-refractivity contribution in [3.05, 3.63) is 71.9 Å². The largest absolute Gasteiger partial charge is 0.497 e. The molecule has 9 nitrogen and oxygen atoms in total. The quantitative estimate of drug-likeness (QED) is 0.319. The summed E-state index contributed by atoms with van der Waals surface area (Å²) in [5.74, 6) is -1.87. The molecule has 0 spiro atoms. The summed E-state index contributed by atoms with van der Waals surface area (Å²) in [7, 11) is 3.19. The lowest BCUT2D eigenvalue weighted by atomic mass is 10.0. The van der Waals surface area contributed by atoms with Gasteiger partial charge in [-0.3, -0.25) is 14.7 Å². The molecule has 0 bridgehead atoms. The van der Waals surface area contributed by atoms with Crippen molar-refractivity contribution in [1.29, 1.82) is 0 Å². The highest BCUT2D eigenvalue weighted by Gasteiger charge is 2.34. The molecule has 1 fully saturated rings. The number of H-pyrrole nitrogens is 1. The highest BCUT2D eigenvalue weighted by atomic mass is 19.3. The first kappa shape index (κ1) is 27.6. The number of hydrogen-bond donors (Lipinski definition) is 3. The minimum atomic E-state index is -2.68. The van der Waals surface area contributed by atoms with E-state index in [-0.39, 0.29) is 37.2 Å². The number of nitrogens with one attached hydrogen (secondary N) is 3. The van der Waals surface area contributed by atoms with E-state index in [4.69, 9.17) is 9.47 Å². The summed E-state index contributed by atoms with van der Waals surface area (Å²) in [4.78, 5) is 27.0. The summed E-state index contributed by atoms with van der Waals surface area (Å²) in [6.45, 7) is 3.80. The number of aromatic amines is 1. The van der Waals surface area contributed by atoms with Gasteiger partial charge < -0.3 is 25.0 Å². The molecule has 0 radical (unpaired) electrons. The van der Waals surface area contributed by atoms with Gasteiger partial charge in [0, 0.05) is 43.8 Å². The van der Waals surface area contributed by atoms with Gasteiger partial charge in [0.1, 0.15) is 17.3 Å². The molecule has 3 aromatic rings. The van der Waals surface area contributed by atoms with Gasteiger partial charge in [-0.2, -0.15) is 5.10 Å². The highest BCUT2D eigenvalue weighted by Crippen LogP contribution is 2.32. The normalized spacial score (nSPS) is 14.4. The van der Waals surface area contributed by atoms with Crippen LogP contribution in [-0.4, -0.2) is 55.2 Å². The van der Waals surface area contributed by atoms with Crippen LogP contribution in [0, 0.1) is 0 Å². The van der Waals surface area contributed by atoms with Gasteiger partial charge in [-0.25, -0.2) is 8.78 Å². The summed E-state index contributed by atoms with van der Waals surface area (Å²) >= 11 is 0. The van der Waals surface area contributed by atoms with Gasteiger partial charge in [0.2, 0.25) is 5.91 Å². The number of aromatic nitrogens is 2. The SMILES string of the molecule is C=CC(=O)Nc1cc(N2CCC(F)(F)CC2)ccc1C(=O)Nc1cc(CCc2cc(OC)cc(OC)c2)n[nH]1. The van der Waals surface area contributed by atoms with Gasteiger partial charge in [-0.1, -0.05) is 6.58 Å². The first-order chi connectivity index (χ1) is 18.7. The van der Waals surface area contributed by atoms with Gasteiger partial charge in [0.25, 0.3) is 11.8 Å². The molecule has 4 rings (SSSR count). The van der Waals surface area contributed by atoms with Crippen molar-refractivity contribution in [2.24, 2.45) is 0 Å². The van der Waals surface area contributed by atoms with E-state index < -0.39 is 17.7 Å². The fourth-order valence-electron chi connectivity index (χ4n) is 4.33. The molecule has 0 aliphatic carbocycles. The van der Waals surface area contributed by atoms with Crippen LogP contribution in [0.3, 0.4) is 0 Å². The van der Waals surface area contributed by atoms with Crippen LogP contribution in [0.15, 0.2) is 55.1 Å². The monoisotopic (exact) mass is 539 g/mol. The fourth-order valence-corrected chi connectivity index (χ4v) is 4.33. The molecule has 3 N–H and O–H groups in total. The zero-order valence-electron chi connectivity index (χ0n) is 21.9. The number of ether oxygens (including phenoxy) is 2. The Morgan fingerprint density at radius 3 is 2.38 bits per heavy atom. The third kappa shape index (κ3) is 7.13. The minimum Gasteiger partial charge on any atom is -0.497 e. The number of halogens is 2. The summed E-state index contributed by atoms with van der Waals surface area (Å²) in [5.41, 5.74) is 2.85. The van der Waals surface area contributed by atoms with Crippen LogP contribution in [0.1, 0.15) is 34.5 Å². The van der Waals surface area contributed by atoms with Crippen molar-refractivity contribution in [2.75, 3.05) is 42.8 Å². The molecule has 1 saturated heterocycles. The van der Waals surface area contributed by atoms with Crippen molar-refractivity contribution in [1.82, 2.24) is 10.2 Å². The smallest absolute Gasteiger partial charge is 0.258 e. The number of amides is 2. The number of rotatable bonds is 10. The second-order valence-corrected chi connectivity index (χ2v) is 9.21. The van der Waals surface area contributed by atoms with E-state index in [1.54, 1.807) is 44.6 Å². The van der Waals surface area contributed by atoms with E-state index in [0.717, 1.165) is 17.3 Å². The zero-order valence-corrected chi connectivity index (χ0v) is 21.9. The number of anilines is 3. The van der Waals surface area contributed by atoms with Crippen LogP contribution >= 0.6 is 0 Å². The summed E-state index contributed by atoms with van der Waals surface area (Å²) in [6, 6.07) is 12.2. The predicted molar refractivity (Wildman–Crippen MR) is 145 cm³/mol. The zero-order chi connectivity index (χ0) is 28.0. The molecule has 1 aliphatic rings. The number of carbonyl (C=O) groups is 2. The van der Waals surface area contributed by atoms with Gasteiger partial charge in [-0.15, -0.1) is 0 Å². The summed E-state index contributed by atoms with van der Waals surface area (Å²) < 4.78 is 37.8. The van der Waals surface area contributed by atoms with E-state index in [9.17, 15) is 18.4 Å². The Balaban J connectivity index is 1.45. The van der Waals surface area contributed by atoms with Crippen molar-refractivity contribution < 1.29 is 27.8 Å². The number of piperidine rings is 1. The second-order valence-electron chi connectivity index (χ2n) is 9.21. The maximum Gasteiger partial charge on any atom is 0.258 e. The Morgan fingerprint density at radius 2 is 1.74 bits per heavy atom. The lowest BCUT2D eigenvalue weighted by Crippen LogP contribution is -2.39. The van der Waals surface area contributed by atoms with Crippen LogP contribution in [0.5, 0.6) is 11.5 Å². The average Bonchev–Trinajstić information content (AvgIpc) is 3.38. The number of aryl methyl sites for hydroxylation is 2. The Bertz CT molecular complexity index is 1330. The van der Waals surface area contributed by atoms with Crippen LogP contribution in [0.2, 0.25) is 0 Å². The standard InChI is InChI=1S/C28H31F2N5O4/c1-4-26(36)31-24-16-20(35-11-9-28(29,30)10-12-35)7-8-23(24)27(37)32-25-15-19(33-34-25)6-5-18-13-21(38-2)17-22(14-18)39-3/h4,7-8,13-17H,1,5-6,9-12H2,2-3H3,(H,31,36)(H2,32,33,34,37). The van der Waals surface area contributed by atoms with Crippen LogP contribution < -0.4 is 25.0 Å². The molecule has 1 aliphatic heterocycles. The Kier molecular flexibility index (Phi) is 8.48. The molecule has 0 unspecified atom stereocenters. The topological polar surface area (TPSA) is 109 Å². The van der Waals surface area contributed by atoms with Crippen LogP contribution in [-0.2, 0) is 17.6 Å². The van der Waals surface area contributed by atoms with E-state index in [2.05, 4.69) is 27.4 Å². The Morgan fingerprint density at radius 1 is 1.05 bits per heavy atom. The molecule has 11 heteroatoms. The van der Waals surface area contributed by atoms with Crippen molar-refractivity contribution in [3.63, 3.8) is 0 Å². The van der Waals surface area contributed by atoms with Crippen molar-refractivity contribution >= 4 is 29.0 Å². The van der Waals surface area contributed by atoms with Gasteiger partial charge in [0.05, 0.1) is 31.2 Å². The number of benzene rings is 2. The summed E-state index contributed by atoms with van der Waals surface area (Å²) in [5, 5.41) is 12.5. The molecule has 2 aromatic carbocycles. The molecular formula is C28H31F2N5O4. The first-order valence-corrected chi connectivity index (χ1v) is 12.5. The first-order valence-electron chi connectivity index (χ1n) is 12.5. The highest BCUT2D eigenvalue weighted by molar-refractivity contribution is 6.11. The lowest BCUT2D eigenvalue weighted by molar-refractivity contribution is -0.111. The lowest BCUT2D eigenvalue weighted by Gasteiger charge is -2.33. The predicted octanol–water partition coefficient (Wildman–Crippen LogP) is 4.82. The van der Waals surface area contributed by atoms with Gasteiger partial charge >= 0.3 is 0 Å². The second kappa shape index (κ2) is 12.0. The number of methoxy groups -OCH3 is 2. The fraction of sp³-hybridized carbons (Fsp3) is 0.321. The molecule has 2 heterocycles. The maximum absolute atomic E-state index is 13.6. The van der Waals surface area contributed by atoms with Gasteiger partial charge in [-0.05, 0) is 54.8 Å². The van der Waals surface area contributed by atoms with E-state index in [1.165, 1.54) is 0 Å². The molecule has 0 saturated carbocycles. The Hall–Kier alpha value is -4.41. The van der Waals surface area contributed by atoms with Gasteiger partial charge in [0.15, 0.2) is 0 Å². The average molecular weight is 540 g/mol. The molecule has 0 atom stereocenters. The number of alkyl halides is 2. The molecule has 39 heavy (non-hydrogen) atoms. The van der Waals surface area contributed by atoms with Crippen LogP contribution in [0.25, 0.3) is 0 Å². The maximum atomic E-state index is 13.6. The number of carbonyl (C=O) groups excluding carboxylic acids is 2. The molecular weight excluding hydrogens is 508 g/mol. The summed E-state index contributed by atoms with van der Waals surface area (Å²) in [6.07, 6.45) is 1.86. The van der Waals surface area contributed by atoms with E-state index in [0.29, 0.717) is 35.8 Å². The molecule has 206 valence electrons. The van der Waals surface area contributed by atoms with Crippen molar-refractivity contribution in [3.8, 4) is 11.5 Å². The Labute approximate surface area is 225 Å². The molecule has 2 amide bonds. The van der Waals surface area contributed by atoms with E-state index in [1.807, 2.05) is 17.0 Å². The number of nitrogens with zero attached hydrogens (tertiary/aromatic N) is 2. The third-order valence-corrected chi connectivity index (χ3v) is 6.51. The van der Waals surface area contributed by atoms with E-state index >= 15 is 0 Å². The number of hydrogen-bond acceptors (Lipinski definition) is 6. The minimum absolute atomic E-state index is 0.173. The van der Waals surface area contributed by atoms with Crippen LogP contribution in [0.4, 0.5) is 26.0 Å². The van der Waals surface area contributed by atoms with Crippen molar-refractivity contribution in [2.45, 2.75) is 31.6 Å². The third-order valence-electron chi connectivity index (χ3n) is 6.51. The molecule has 1 aromatic heterocycles.